The lowest BCUT2D eigenvalue weighted by Gasteiger charge is -2.25. The van der Waals surface area contributed by atoms with Crippen LogP contribution in [0.25, 0.3) is 0 Å². The second-order valence-corrected chi connectivity index (χ2v) is 10.7. The highest BCUT2D eigenvalue weighted by molar-refractivity contribution is 6.31. The molecule has 0 unspecified atom stereocenters. The van der Waals surface area contributed by atoms with Gasteiger partial charge in [0.1, 0.15) is 11.4 Å². The fourth-order valence-corrected chi connectivity index (χ4v) is 4.06. The molecular formula is C29H40ClN5O4. The standard InChI is InChI=1S/C29H40ClN5O4/c1-29(2,19-32-27(37)22-17-20(30)14-15-24(22)39-6)18-25(36)34-26(23(31-3)13-10-16-35(4)5)28(38)33-21-11-8-7-9-12-21/h7-9,11-12,14-15,17,31H,10,13,16,18-19H2,1-6H3,(H,32,37)(H,33,38)(H,34,36)/b26-23+. The van der Waals surface area contributed by atoms with Crippen LogP contribution in [0.3, 0.4) is 0 Å². The molecule has 2 rings (SSSR count). The topological polar surface area (TPSA) is 112 Å². The lowest BCUT2D eigenvalue weighted by atomic mass is 9.88. The maximum absolute atomic E-state index is 13.3. The van der Waals surface area contributed by atoms with Gasteiger partial charge in [-0.2, -0.15) is 0 Å². The predicted molar refractivity (Wildman–Crippen MR) is 156 cm³/mol. The van der Waals surface area contributed by atoms with Gasteiger partial charge in [0.2, 0.25) is 5.91 Å². The van der Waals surface area contributed by atoms with Gasteiger partial charge in [-0.15, -0.1) is 0 Å². The predicted octanol–water partition coefficient (Wildman–Crippen LogP) is 4.02. The van der Waals surface area contributed by atoms with Crippen LogP contribution in [0.2, 0.25) is 5.02 Å². The Hall–Kier alpha value is -3.56. The smallest absolute Gasteiger partial charge is 0.273 e. The van der Waals surface area contributed by atoms with Crippen molar-refractivity contribution in [1.29, 1.82) is 0 Å². The summed E-state index contributed by atoms with van der Waals surface area (Å²) in [4.78, 5) is 41.3. The third-order valence-corrected chi connectivity index (χ3v) is 6.17. The van der Waals surface area contributed by atoms with Gasteiger partial charge in [-0.05, 0) is 69.2 Å². The van der Waals surface area contributed by atoms with Crippen molar-refractivity contribution in [3.63, 3.8) is 0 Å². The molecule has 0 aliphatic carbocycles. The highest BCUT2D eigenvalue weighted by atomic mass is 35.5. The Labute approximate surface area is 236 Å². The zero-order chi connectivity index (χ0) is 29.0. The van der Waals surface area contributed by atoms with E-state index in [2.05, 4.69) is 26.2 Å². The number of allylic oxidation sites excluding steroid dienone is 1. The first kappa shape index (κ1) is 31.7. The van der Waals surface area contributed by atoms with E-state index >= 15 is 0 Å². The van der Waals surface area contributed by atoms with Crippen molar-refractivity contribution in [3.8, 4) is 5.75 Å². The van der Waals surface area contributed by atoms with Gasteiger partial charge in [-0.1, -0.05) is 43.6 Å². The number of hydrogen-bond donors (Lipinski definition) is 4. The number of halogens is 1. The molecule has 39 heavy (non-hydrogen) atoms. The number of ether oxygens (including phenoxy) is 1. The maximum Gasteiger partial charge on any atom is 0.273 e. The largest absolute Gasteiger partial charge is 0.496 e. The van der Waals surface area contributed by atoms with E-state index in [-0.39, 0.29) is 30.5 Å². The molecule has 0 saturated carbocycles. The Morgan fingerprint density at radius 3 is 2.36 bits per heavy atom. The SMILES string of the molecule is CN/C(CCCN(C)C)=C(/NC(=O)CC(C)(C)CNC(=O)c1cc(Cl)ccc1OC)C(=O)Nc1ccccc1. The molecule has 0 saturated heterocycles. The summed E-state index contributed by atoms with van der Waals surface area (Å²) in [5, 5.41) is 12.1. The summed E-state index contributed by atoms with van der Waals surface area (Å²) in [6.07, 6.45) is 1.44. The van der Waals surface area contributed by atoms with Gasteiger partial charge in [-0.25, -0.2) is 0 Å². The zero-order valence-electron chi connectivity index (χ0n) is 23.6. The van der Waals surface area contributed by atoms with E-state index in [4.69, 9.17) is 16.3 Å². The van der Waals surface area contributed by atoms with Gasteiger partial charge in [-0.3, -0.25) is 14.4 Å². The van der Waals surface area contributed by atoms with E-state index in [1.165, 1.54) is 13.2 Å². The molecule has 0 aliphatic heterocycles. The van der Waals surface area contributed by atoms with Crippen molar-refractivity contribution in [2.75, 3.05) is 46.7 Å². The number of amides is 3. The number of anilines is 1. The molecule has 9 nitrogen and oxygen atoms in total. The molecular weight excluding hydrogens is 518 g/mol. The maximum atomic E-state index is 13.3. The molecule has 0 spiro atoms. The molecule has 0 aliphatic rings. The average molecular weight is 558 g/mol. The fourth-order valence-electron chi connectivity index (χ4n) is 3.88. The molecule has 0 atom stereocenters. The van der Waals surface area contributed by atoms with Gasteiger partial charge >= 0.3 is 0 Å². The number of carbonyl (C=O) groups is 3. The van der Waals surface area contributed by atoms with Crippen LogP contribution >= 0.6 is 11.6 Å². The summed E-state index contributed by atoms with van der Waals surface area (Å²) in [5.74, 6) is -0.708. The Morgan fingerprint density at radius 1 is 1.05 bits per heavy atom. The minimum atomic E-state index is -0.614. The van der Waals surface area contributed by atoms with E-state index in [1.807, 2.05) is 46.1 Å². The summed E-state index contributed by atoms with van der Waals surface area (Å²) >= 11 is 6.05. The highest BCUT2D eigenvalue weighted by Crippen LogP contribution is 2.24. The van der Waals surface area contributed by atoms with Gasteiger partial charge < -0.3 is 30.9 Å². The third-order valence-electron chi connectivity index (χ3n) is 5.93. The van der Waals surface area contributed by atoms with Crippen molar-refractivity contribution in [2.45, 2.75) is 33.1 Å². The van der Waals surface area contributed by atoms with Gasteiger partial charge in [0, 0.05) is 36.4 Å². The first-order valence-electron chi connectivity index (χ1n) is 12.8. The molecule has 212 valence electrons. The van der Waals surface area contributed by atoms with Crippen LogP contribution < -0.4 is 26.0 Å². The summed E-state index contributed by atoms with van der Waals surface area (Å²) in [6.45, 7) is 4.78. The molecule has 0 bridgehead atoms. The van der Waals surface area contributed by atoms with E-state index < -0.39 is 11.3 Å². The number of para-hydroxylation sites is 1. The summed E-state index contributed by atoms with van der Waals surface area (Å²) in [5.41, 5.74) is 1.13. The Balaban J connectivity index is 2.14. The van der Waals surface area contributed by atoms with E-state index in [1.54, 1.807) is 31.3 Å². The van der Waals surface area contributed by atoms with Crippen molar-refractivity contribution in [1.82, 2.24) is 20.9 Å². The van der Waals surface area contributed by atoms with Crippen LogP contribution in [-0.4, -0.2) is 64.0 Å². The molecule has 0 aromatic heterocycles. The number of rotatable bonds is 14. The quantitative estimate of drug-likeness (QED) is 0.261. The number of hydrogen-bond acceptors (Lipinski definition) is 6. The molecule has 2 aromatic carbocycles. The van der Waals surface area contributed by atoms with E-state index in [0.29, 0.717) is 34.1 Å². The highest BCUT2D eigenvalue weighted by Gasteiger charge is 2.26. The molecule has 0 radical (unpaired) electrons. The second-order valence-electron chi connectivity index (χ2n) is 10.2. The van der Waals surface area contributed by atoms with Gasteiger partial charge in [0.25, 0.3) is 11.8 Å². The Morgan fingerprint density at radius 2 is 1.74 bits per heavy atom. The first-order chi connectivity index (χ1) is 18.5. The lowest BCUT2D eigenvalue weighted by molar-refractivity contribution is -0.124. The van der Waals surface area contributed by atoms with Crippen molar-refractivity contribution in [3.05, 3.63) is 70.5 Å². The number of carbonyl (C=O) groups excluding carboxylic acids is 3. The van der Waals surface area contributed by atoms with Crippen LogP contribution in [0.4, 0.5) is 5.69 Å². The first-order valence-corrected chi connectivity index (χ1v) is 13.2. The molecule has 2 aromatic rings. The Bertz CT molecular complexity index is 1170. The monoisotopic (exact) mass is 557 g/mol. The Kier molecular flexibility index (Phi) is 12.3. The van der Waals surface area contributed by atoms with Crippen LogP contribution in [0.1, 0.15) is 43.5 Å². The fraction of sp³-hybridized carbons (Fsp3) is 0.414. The van der Waals surface area contributed by atoms with E-state index in [9.17, 15) is 14.4 Å². The summed E-state index contributed by atoms with van der Waals surface area (Å²) in [7, 11) is 7.18. The van der Waals surface area contributed by atoms with Gasteiger partial charge in [0.05, 0.1) is 12.7 Å². The number of methoxy groups -OCH3 is 1. The average Bonchev–Trinajstić information content (AvgIpc) is 2.88. The van der Waals surface area contributed by atoms with Crippen molar-refractivity contribution in [2.24, 2.45) is 5.41 Å². The van der Waals surface area contributed by atoms with Crippen LogP contribution in [0, 0.1) is 5.41 Å². The molecule has 0 heterocycles. The van der Waals surface area contributed by atoms with Crippen LogP contribution in [-0.2, 0) is 9.59 Å². The van der Waals surface area contributed by atoms with Crippen molar-refractivity contribution < 1.29 is 19.1 Å². The number of nitrogens with one attached hydrogen (secondary N) is 4. The molecule has 4 N–H and O–H groups in total. The molecule has 3 amide bonds. The minimum absolute atomic E-state index is 0.0662. The molecule has 0 fully saturated rings. The zero-order valence-corrected chi connectivity index (χ0v) is 24.4. The van der Waals surface area contributed by atoms with Crippen LogP contribution in [0.15, 0.2) is 59.9 Å². The van der Waals surface area contributed by atoms with Crippen LogP contribution in [0.5, 0.6) is 5.75 Å². The van der Waals surface area contributed by atoms with Gasteiger partial charge in [0.15, 0.2) is 0 Å². The molecule has 10 heteroatoms. The summed E-state index contributed by atoms with van der Waals surface area (Å²) in [6, 6.07) is 13.9. The third kappa shape index (κ3) is 10.6. The minimum Gasteiger partial charge on any atom is -0.496 e. The van der Waals surface area contributed by atoms with Crippen molar-refractivity contribution >= 4 is 35.0 Å². The lowest BCUT2D eigenvalue weighted by Crippen LogP contribution is -2.40. The number of benzene rings is 2. The number of nitrogens with zero attached hydrogens (tertiary/aromatic N) is 1. The second kappa shape index (κ2) is 15.1. The van der Waals surface area contributed by atoms with E-state index in [0.717, 1.165) is 13.0 Å². The normalized spacial score (nSPS) is 11.9. The summed E-state index contributed by atoms with van der Waals surface area (Å²) < 4.78 is 5.27.